The van der Waals surface area contributed by atoms with Gasteiger partial charge in [0.25, 0.3) is 0 Å². The molecule has 0 amide bonds. The highest BCUT2D eigenvalue weighted by atomic mass is 35.5. The SMILES string of the molecule is CCC(CCCCCCCl)C(CC)C(Cl)P(=O)(O)O. The van der Waals surface area contributed by atoms with Gasteiger partial charge >= 0.3 is 7.60 Å². The molecule has 0 aliphatic heterocycles. The zero-order chi connectivity index (χ0) is 14.9. The maximum atomic E-state index is 11.3. The zero-order valence-electron chi connectivity index (χ0n) is 11.9. The van der Waals surface area contributed by atoms with Crippen LogP contribution in [0.2, 0.25) is 0 Å². The highest BCUT2D eigenvalue weighted by Crippen LogP contribution is 2.51. The second-order valence-corrected chi connectivity index (χ2v) is 7.98. The van der Waals surface area contributed by atoms with Crippen LogP contribution in [0.1, 0.15) is 58.8 Å². The Balaban J connectivity index is 4.33. The standard InChI is InChI=1S/C13H27Cl2O3P/c1-3-11(9-7-5-6-8-10-14)12(4-2)13(15)19(16,17)18/h11-13H,3-10H2,1-2H3,(H2,16,17,18). The van der Waals surface area contributed by atoms with Crippen LogP contribution >= 0.6 is 30.8 Å². The molecule has 3 atom stereocenters. The van der Waals surface area contributed by atoms with Crippen LogP contribution in [0.4, 0.5) is 0 Å². The fourth-order valence-corrected chi connectivity index (χ4v) is 4.10. The van der Waals surface area contributed by atoms with Gasteiger partial charge in [0.15, 0.2) is 0 Å². The van der Waals surface area contributed by atoms with Gasteiger partial charge in [-0.1, -0.05) is 52.4 Å². The van der Waals surface area contributed by atoms with E-state index in [0.29, 0.717) is 12.3 Å². The van der Waals surface area contributed by atoms with Crippen molar-refractivity contribution in [1.29, 1.82) is 0 Å². The van der Waals surface area contributed by atoms with Crippen molar-refractivity contribution >= 4 is 30.8 Å². The van der Waals surface area contributed by atoms with Crippen molar-refractivity contribution in [3.63, 3.8) is 0 Å². The minimum Gasteiger partial charge on any atom is -0.323 e. The Morgan fingerprint density at radius 3 is 2.05 bits per heavy atom. The molecule has 0 aliphatic carbocycles. The lowest BCUT2D eigenvalue weighted by atomic mass is 9.85. The van der Waals surface area contributed by atoms with Gasteiger partial charge in [0.2, 0.25) is 0 Å². The summed E-state index contributed by atoms with van der Waals surface area (Å²) in [4.78, 5) is 18.5. The average molecular weight is 333 g/mol. The summed E-state index contributed by atoms with van der Waals surface area (Å²) in [6.45, 7) is 4.02. The van der Waals surface area contributed by atoms with Crippen LogP contribution in [0.25, 0.3) is 0 Å². The Kier molecular flexibility index (Phi) is 10.9. The highest BCUT2D eigenvalue weighted by molar-refractivity contribution is 7.54. The minimum atomic E-state index is -4.20. The van der Waals surface area contributed by atoms with Crippen molar-refractivity contribution in [3.8, 4) is 0 Å². The van der Waals surface area contributed by atoms with Gasteiger partial charge in [-0.2, -0.15) is 0 Å². The molecule has 0 aromatic rings. The first kappa shape index (κ1) is 19.7. The first-order valence-corrected chi connectivity index (χ1v) is 9.78. The lowest BCUT2D eigenvalue weighted by Gasteiger charge is -2.29. The monoisotopic (exact) mass is 332 g/mol. The summed E-state index contributed by atoms with van der Waals surface area (Å²) in [6, 6.07) is 0. The van der Waals surface area contributed by atoms with Gasteiger partial charge in [-0.3, -0.25) is 4.57 Å². The predicted molar refractivity (Wildman–Crippen MR) is 83.1 cm³/mol. The van der Waals surface area contributed by atoms with Crippen molar-refractivity contribution in [2.45, 2.75) is 63.9 Å². The number of halogens is 2. The molecule has 116 valence electrons. The Hall–Kier alpha value is 0.730. The van der Waals surface area contributed by atoms with Gasteiger partial charge in [0.05, 0.1) is 0 Å². The Bertz CT molecular complexity index is 271. The lowest BCUT2D eigenvalue weighted by molar-refractivity contribution is 0.274. The van der Waals surface area contributed by atoms with E-state index in [9.17, 15) is 14.4 Å². The van der Waals surface area contributed by atoms with Gasteiger partial charge < -0.3 is 9.79 Å². The third kappa shape index (κ3) is 7.92. The summed E-state index contributed by atoms with van der Waals surface area (Å²) in [7, 11) is -4.20. The molecular weight excluding hydrogens is 306 g/mol. The summed E-state index contributed by atoms with van der Waals surface area (Å²) in [5.74, 6) is 0.883. The molecular formula is C13H27Cl2O3P. The van der Waals surface area contributed by atoms with Gasteiger partial charge in [0.1, 0.15) is 5.12 Å². The van der Waals surface area contributed by atoms with Crippen molar-refractivity contribution in [2.75, 3.05) is 5.88 Å². The fourth-order valence-electron chi connectivity index (χ4n) is 2.58. The topological polar surface area (TPSA) is 57.5 Å². The van der Waals surface area contributed by atoms with Crippen LogP contribution in [0.3, 0.4) is 0 Å². The molecule has 0 fully saturated rings. The molecule has 0 aromatic heterocycles. The summed E-state index contributed by atoms with van der Waals surface area (Å²) in [5.41, 5.74) is 0. The van der Waals surface area contributed by atoms with E-state index in [4.69, 9.17) is 23.2 Å². The number of hydrogen-bond acceptors (Lipinski definition) is 1. The quantitative estimate of drug-likeness (QED) is 0.319. The van der Waals surface area contributed by atoms with E-state index in [2.05, 4.69) is 6.92 Å². The Morgan fingerprint density at radius 2 is 1.63 bits per heavy atom. The molecule has 3 unspecified atom stereocenters. The third-order valence-electron chi connectivity index (χ3n) is 3.73. The summed E-state index contributed by atoms with van der Waals surface area (Å²) >= 11 is 11.6. The third-order valence-corrected chi connectivity index (χ3v) is 6.11. The molecule has 3 nitrogen and oxygen atoms in total. The first-order chi connectivity index (χ1) is 8.88. The lowest BCUT2D eigenvalue weighted by Crippen LogP contribution is -2.23. The van der Waals surface area contributed by atoms with Crippen molar-refractivity contribution in [1.82, 2.24) is 0 Å². The van der Waals surface area contributed by atoms with Crippen molar-refractivity contribution in [2.24, 2.45) is 11.8 Å². The fraction of sp³-hybridized carbons (Fsp3) is 1.00. The molecule has 0 aromatic carbocycles. The zero-order valence-corrected chi connectivity index (χ0v) is 14.3. The number of unbranched alkanes of at least 4 members (excludes halogenated alkanes) is 3. The van der Waals surface area contributed by atoms with Gasteiger partial charge in [-0.15, -0.1) is 23.2 Å². The molecule has 0 bridgehead atoms. The molecule has 0 saturated heterocycles. The molecule has 0 saturated carbocycles. The van der Waals surface area contributed by atoms with E-state index < -0.39 is 12.7 Å². The maximum Gasteiger partial charge on any atom is 0.343 e. The molecule has 0 radical (unpaired) electrons. The van der Waals surface area contributed by atoms with Gasteiger partial charge in [-0.05, 0) is 18.3 Å². The van der Waals surface area contributed by atoms with E-state index in [0.717, 1.165) is 38.5 Å². The van der Waals surface area contributed by atoms with Gasteiger partial charge in [-0.25, -0.2) is 0 Å². The average Bonchev–Trinajstić information content (AvgIpc) is 2.35. The van der Waals surface area contributed by atoms with Crippen LogP contribution in [-0.4, -0.2) is 20.8 Å². The maximum absolute atomic E-state index is 11.3. The predicted octanol–water partition coefficient (Wildman–Crippen LogP) is 4.97. The Labute approximate surface area is 127 Å². The van der Waals surface area contributed by atoms with Gasteiger partial charge in [0, 0.05) is 5.88 Å². The number of hydrogen-bond donors (Lipinski definition) is 2. The molecule has 0 spiro atoms. The molecule has 2 N–H and O–H groups in total. The van der Waals surface area contributed by atoms with E-state index >= 15 is 0 Å². The summed E-state index contributed by atoms with van der Waals surface area (Å²) < 4.78 is 11.3. The van der Waals surface area contributed by atoms with E-state index in [-0.39, 0.29) is 11.8 Å². The first-order valence-electron chi connectivity index (χ1n) is 7.13. The van der Waals surface area contributed by atoms with Crippen LogP contribution in [-0.2, 0) is 4.57 Å². The second-order valence-electron chi connectivity index (χ2n) is 5.09. The van der Waals surface area contributed by atoms with Crippen LogP contribution < -0.4 is 0 Å². The normalized spacial score (nSPS) is 17.2. The van der Waals surface area contributed by atoms with E-state index in [1.165, 1.54) is 0 Å². The summed E-state index contributed by atoms with van der Waals surface area (Å²) in [5, 5.41) is -1.05. The van der Waals surface area contributed by atoms with Crippen LogP contribution in [0, 0.1) is 11.8 Å². The largest absolute Gasteiger partial charge is 0.343 e. The molecule has 0 heterocycles. The number of rotatable bonds is 11. The number of alkyl halides is 2. The highest BCUT2D eigenvalue weighted by Gasteiger charge is 2.36. The van der Waals surface area contributed by atoms with E-state index in [1.807, 2.05) is 6.92 Å². The molecule has 19 heavy (non-hydrogen) atoms. The van der Waals surface area contributed by atoms with Crippen molar-refractivity contribution < 1.29 is 14.4 Å². The van der Waals surface area contributed by atoms with Crippen LogP contribution in [0.15, 0.2) is 0 Å². The summed E-state index contributed by atoms with van der Waals surface area (Å²) in [6.07, 6.45) is 6.98. The van der Waals surface area contributed by atoms with E-state index in [1.54, 1.807) is 0 Å². The van der Waals surface area contributed by atoms with Crippen LogP contribution in [0.5, 0.6) is 0 Å². The minimum absolute atomic E-state index is 0.111. The molecule has 0 rings (SSSR count). The molecule has 0 aliphatic rings. The Morgan fingerprint density at radius 1 is 1.05 bits per heavy atom. The molecule has 6 heteroatoms. The smallest absolute Gasteiger partial charge is 0.323 e. The second kappa shape index (κ2) is 10.5. The van der Waals surface area contributed by atoms with Crippen molar-refractivity contribution in [3.05, 3.63) is 0 Å².